The van der Waals surface area contributed by atoms with Crippen LogP contribution in [0.1, 0.15) is 10.5 Å². The molecule has 2 N–H and O–H groups in total. The predicted molar refractivity (Wildman–Crippen MR) is 72.4 cm³/mol. The number of rotatable bonds is 7. The smallest absolute Gasteiger partial charge is 0.354 e. The van der Waals surface area contributed by atoms with Crippen LogP contribution in [0.4, 0.5) is 11.8 Å². The first-order chi connectivity index (χ1) is 9.60. The van der Waals surface area contributed by atoms with Gasteiger partial charge in [-0.2, -0.15) is 4.98 Å². The van der Waals surface area contributed by atoms with Gasteiger partial charge >= 0.3 is 5.97 Å². The van der Waals surface area contributed by atoms with Crippen molar-refractivity contribution in [2.75, 3.05) is 50.7 Å². The molecular formula is C12H18N4O4. The Morgan fingerprint density at radius 3 is 2.90 bits per heavy atom. The van der Waals surface area contributed by atoms with E-state index in [2.05, 4.69) is 15.3 Å². The molecule has 20 heavy (non-hydrogen) atoms. The van der Waals surface area contributed by atoms with Crippen LogP contribution in [-0.4, -0.2) is 67.6 Å². The number of methoxy groups -OCH3 is 1. The molecule has 0 atom stereocenters. The first kappa shape index (κ1) is 14.5. The van der Waals surface area contributed by atoms with Gasteiger partial charge in [-0.25, -0.2) is 9.78 Å². The minimum absolute atomic E-state index is 0.0398. The number of nitrogens with zero attached hydrogens (tertiary/aromatic N) is 3. The molecule has 8 heteroatoms. The average molecular weight is 282 g/mol. The van der Waals surface area contributed by atoms with Crippen molar-refractivity contribution in [2.45, 2.75) is 6.04 Å². The van der Waals surface area contributed by atoms with Crippen LogP contribution in [0.25, 0.3) is 0 Å². The minimum Gasteiger partial charge on any atom is -0.477 e. The zero-order chi connectivity index (χ0) is 14.5. The van der Waals surface area contributed by atoms with E-state index in [1.165, 1.54) is 6.07 Å². The Balaban J connectivity index is 2.18. The Morgan fingerprint density at radius 2 is 2.35 bits per heavy atom. The summed E-state index contributed by atoms with van der Waals surface area (Å²) < 4.78 is 10.1. The quantitative estimate of drug-likeness (QED) is 0.725. The summed E-state index contributed by atoms with van der Waals surface area (Å²) >= 11 is 0. The monoisotopic (exact) mass is 282 g/mol. The molecule has 110 valence electrons. The topological polar surface area (TPSA) is 96.8 Å². The van der Waals surface area contributed by atoms with Crippen molar-refractivity contribution in [1.82, 2.24) is 9.97 Å². The van der Waals surface area contributed by atoms with Crippen LogP contribution < -0.4 is 10.2 Å². The highest BCUT2D eigenvalue weighted by Gasteiger charge is 2.20. The number of hydrogen-bond acceptors (Lipinski definition) is 7. The van der Waals surface area contributed by atoms with Gasteiger partial charge in [0.15, 0.2) is 5.69 Å². The van der Waals surface area contributed by atoms with Crippen molar-refractivity contribution in [1.29, 1.82) is 0 Å². The Bertz CT molecular complexity index is 479. The maximum atomic E-state index is 11.1. The average Bonchev–Trinajstić information content (AvgIpc) is 2.39. The second-order valence-corrected chi connectivity index (χ2v) is 4.54. The van der Waals surface area contributed by atoms with Crippen molar-refractivity contribution in [2.24, 2.45) is 0 Å². The summed E-state index contributed by atoms with van der Waals surface area (Å²) in [6, 6.07) is 1.59. The molecule has 0 aliphatic carbocycles. The lowest BCUT2D eigenvalue weighted by molar-refractivity contribution is 0.0209. The largest absolute Gasteiger partial charge is 0.477 e. The number of nitrogens with one attached hydrogen (secondary N) is 1. The molecular weight excluding hydrogens is 264 g/mol. The molecule has 0 aromatic carbocycles. The number of aromatic carboxylic acids is 1. The van der Waals surface area contributed by atoms with Crippen molar-refractivity contribution in [3.05, 3.63) is 11.8 Å². The fourth-order valence-corrected chi connectivity index (χ4v) is 1.65. The highest BCUT2D eigenvalue weighted by molar-refractivity contribution is 5.86. The molecule has 0 radical (unpaired) electrons. The SMILES string of the molecule is COCCN(C)c1nc(NC2COC2)cc(C(=O)O)n1. The number of carbonyl (C=O) groups is 1. The molecule has 1 aliphatic heterocycles. The molecule has 1 fully saturated rings. The standard InChI is InChI=1S/C12H18N4O4/c1-16(3-4-19-2)12-14-9(11(17)18)5-10(15-12)13-8-6-20-7-8/h5,8H,3-4,6-7H2,1-2H3,(H,17,18)(H,13,14,15). The van der Waals surface area contributed by atoms with Crippen LogP contribution in [0, 0.1) is 0 Å². The van der Waals surface area contributed by atoms with Gasteiger partial charge < -0.3 is 24.8 Å². The number of carboxylic acid groups (broad SMARTS) is 1. The summed E-state index contributed by atoms with van der Waals surface area (Å²) in [7, 11) is 3.39. The third-order valence-electron chi connectivity index (χ3n) is 2.90. The molecule has 2 heterocycles. The van der Waals surface area contributed by atoms with Gasteiger partial charge in [-0.1, -0.05) is 0 Å². The normalized spacial score (nSPS) is 14.7. The lowest BCUT2D eigenvalue weighted by Gasteiger charge is -2.27. The van der Waals surface area contributed by atoms with Crippen molar-refractivity contribution < 1.29 is 19.4 Å². The van der Waals surface area contributed by atoms with E-state index in [-0.39, 0.29) is 11.7 Å². The Kier molecular flexibility index (Phi) is 4.70. The van der Waals surface area contributed by atoms with Gasteiger partial charge in [0, 0.05) is 26.8 Å². The number of ether oxygens (including phenoxy) is 2. The molecule has 8 nitrogen and oxygen atoms in total. The van der Waals surface area contributed by atoms with Crippen molar-refractivity contribution in [3.63, 3.8) is 0 Å². The van der Waals surface area contributed by atoms with E-state index in [1.54, 1.807) is 19.1 Å². The highest BCUT2D eigenvalue weighted by Crippen LogP contribution is 2.16. The van der Waals surface area contributed by atoms with Gasteiger partial charge in [-0.3, -0.25) is 0 Å². The fraction of sp³-hybridized carbons (Fsp3) is 0.583. The first-order valence-corrected chi connectivity index (χ1v) is 6.27. The van der Waals surface area contributed by atoms with E-state index in [0.29, 0.717) is 38.1 Å². The summed E-state index contributed by atoms with van der Waals surface area (Å²) in [5.41, 5.74) is -0.0398. The van der Waals surface area contributed by atoms with Gasteiger partial charge in [0.25, 0.3) is 0 Å². The molecule has 0 spiro atoms. The predicted octanol–water partition coefficient (Wildman–Crippen LogP) is 0.0681. The number of likely N-dealkylation sites (N-methyl/N-ethyl adjacent to an activating group) is 1. The van der Waals surface area contributed by atoms with Crippen LogP contribution in [0.3, 0.4) is 0 Å². The highest BCUT2D eigenvalue weighted by atomic mass is 16.5. The second-order valence-electron chi connectivity index (χ2n) is 4.54. The van der Waals surface area contributed by atoms with Crippen LogP contribution in [0.2, 0.25) is 0 Å². The molecule has 0 saturated carbocycles. The molecule has 0 amide bonds. The van der Waals surface area contributed by atoms with Gasteiger partial charge in [0.2, 0.25) is 5.95 Å². The van der Waals surface area contributed by atoms with E-state index < -0.39 is 5.97 Å². The molecule has 0 bridgehead atoms. The molecule has 0 unspecified atom stereocenters. The maximum absolute atomic E-state index is 11.1. The van der Waals surface area contributed by atoms with Crippen LogP contribution >= 0.6 is 0 Å². The van der Waals surface area contributed by atoms with Crippen LogP contribution in [0.5, 0.6) is 0 Å². The summed E-state index contributed by atoms with van der Waals surface area (Å²) in [5, 5.41) is 12.2. The van der Waals surface area contributed by atoms with Gasteiger partial charge in [-0.15, -0.1) is 0 Å². The van der Waals surface area contributed by atoms with E-state index in [1.807, 2.05) is 0 Å². The molecule has 1 aliphatic rings. The summed E-state index contributed by atoms with van der Waals surface area (Å²) in [6.07, 6.45) is 0. The Labute approximate surface area is 116 Å². The van der Waals surface area contributed by atoms with Gasteiger partial charge in [0.1, 0.15) is 5.82 Å². The molecule has 2 rings (SSSR count). The zero-order valence-electron chi connectivity index (χ0n) is 11.5. The van der Waals surface area contributed by atoms with Crippen molar-refractivity contribution in [3.8, 4) is 0 Å². The first-order valence-electron chi connectivity index (χ1n) is 6.27. The molecule has 1 aromatic rings. The summed E-state index contributed by atoms with van der Waals surface area (Å²) in [6.45, 7) is 2.28. The lowest BCUT2D eigenvalue weighted by Crippen LogP contribution is -2.40. The number of carboxylic acids is 1. The zero-order valence-corrected chi connectivity index (χ0v) is 11.5. The van der Waals surface area contributed by atoms with E-state index in [9.17, 15) is 4.79 Å². The lowest BCUT2D eigenvalue weighted by atomic mass is 10.2. The van der Waals surface area contributed by atoms with E-state index in [0.717, 1.165) is 0 Å². The van der Waals surface area contributed by atoms with Crippen LogP contribution in [0.15, 0.2) is 6.07 Å². The van der Waals surface area contributed by atoms with Crippen molar-refractivity contribution >= 4 is 17.7 Å². The fourth-order valence-electron chi connectivity index (χ4n) is 1.65. The molecule has 1 saturated heterocycles. The van der Waals surface area contributed by atoms with Gasteiger partial charge in [0.05, 0.1) is 25.9 Å². The number of aromatic nitrogens is 2. The van der Waals surface area contributed by atoms with E-state index >= 15 is 0 Å². The third kappa shape index (κ3) is 3.55. The number of hydrogen-bond donors (Lipinski definition) is 2. The summed E-state index contributed by atoms with van der Waals surface area (Å²) in [4.78, 5) is 21.2. The molecule has 1 aromatic heterocycles. The minimum atomic E-state index is -1.08. The third-order valence-corrected chi connectivity index (χ3v) is 2.90. The Morgan fingerprint density at radius 1 is 1.60 bits per heavy atom. The summed E-state index contributed by atoms with van der Waals surface area (Å²) in [5.74, 6) is -0.239. The van der Waals surface area contributed by atoms with Crippen LogP contribution in [-0.2, 0) is 9.47 Å². The Hall–Kier alpha value is -1.93. The van der Waals surface area contributed by atoms with Gasteiger partial charge in [-0.05, 0) is 0 Å². The van der Waals surface area contributed by atoms with E-state index in [4.69, 9.17) is 14.6 Å². The maximum Gasteiger partial charge on any atom is 0.354 e. The number of anilines is 2. The second kappa shape index (κ2) is 6.49.